The Kier molecular flexibility index (Phi) is 5.44. The highest BCUT2D eigenvalue weighted by Crippen LogP contribution is 2.30. The minimum atomic E-state index is 0.126. The number of morpholine rings is 1. The van der Waals surface area contributed by atoms with Crippen molar-refractivity contribution in [2.45, 2.75) is 32.6 Å². The molecule has 2 rings (SSSR count). The number of hydrogen-bond donors (Lipinski definition) is 0. The van der Waals surface area contributed by atoms with Crippen molar-refractivity contribution in [3.8, 4) is 5.75 Å². The van der Waals surface area contributed by atoms with Crippen molar-refractivity contribution in [1.29, 1.82) is 0 Å². The maximum atomic E-state index is 6.00. The van der Waals surface area contributed by atoms with Crippen LogP contribution < -0.4 is 4.74 Å². The topological polar surface area (TPSA) is 21.7 Å². The summed E-state index contributed by atoms with van der Waals surface area (Å²) in [4.78, 5) is 2.45. The van der Waals surface area contributed by atoms with Gasteiger partial charge in [0, 0.05) is 19.6 Å². The minimum absolute atomic E-state index is 0.126. The van der Waals surface area contributed by atoms with Crippen LogP contribution in [-0.4, -0.2) is 44.4 Å². The second kappa shape index (κ2) is 7.09. The van der Waals surface area contributed by atoms with E-state index in [2.05, 4.69) is 43.9 Å². The third kappa shape index (κ3) is 4.50. The van der Waals surface area contributed by atoms with Gasteiger partial charge in [0.05, 0.1) is 19.8 Å². The van der Waals surface area contributed by atoms with Gasteiger partial charge in [-0.2, -0.15) is 0 Å². The fourth-order valence-corrected chi connectivity index (χ4v) is 2.51. The van der Waals surface area contributed by atoms with Crippen molar-refractivity contribution in [3.63, 3.8) is 0 Å². The quantitative estimate of drug-likeness (QED) is 0.772. The van der Waals surface area contributed by atoms with Crippen LogP contribution in [0.2, 0.25) is 0 Å². The van der Waals surface area contributed by atoms with Crippen LogP contribution in [0.5, 0.6) is 5.75 Å². The first-order valence-corrected chi connectivity index (χ1v) is 7.60. The summed E-state index contributed by atoms with van der Waals surface area (Å²) in [7, 11) is 0. The van der Waals surface area contributed by atoms with E-state index < -0.39 is 0 Å². The van der Waals surface area contributed by atoms with Crippen LogP contribution in [0.25, 0.3) is 0 Å². The van der Waals surface area contributed by atoms with Crippen LogP contribution in [0, 0.1) is 0 Å². The molecule has 20 heavy (non-hydrogen) atoms. The molecule has 0 radical (unpaired) electrons. The van der Waals surface area contributed by atoms with Gasteiger partial charge in [-0.25, -0.2) is 0 Å². The van der Waals surface area contributed by atoms with Crippen LogP contribution in [0.4, 0.5) is 0 Å². The van der Waals surface area contributed by atoms with E-state index in [9.17, 15) is 0 Å². The van der Waals surface area contributed by atoms with Gasteiger partial charge in [0.15, 0.2) is 0 Å². The average Bonchev–Trinajstić information content (AvgIpc) is 2.44. The lowest BCUT2D eigenvalue weighted by molar-refractivity contribution is 0.0357. The SMILES string of the molecule is CC(C)(C)c1ccccc1OCCCN1CCOCC1. The van der Waals surface area contributed by atoms with E-state index in [1.54, 1.807) is 0 Å². The Morgan fingerprint density at radius 1 is 1.15 bits per heavy atom. The van der Waals surface area contributed by atoms with E-state index >= 15 is 0 Å². The fourth-order valence-electron chi connectivity index (χ4n) is 2.51. The van der Waals surface area contributed by atoms with E-state index in [1.807, 2.05) is 6.07 Å². The molecule has 1 aromatic rings. The van der Waals surface area contributed by atoms with Gasteiger partial charge in [-0.3, -0.25) is 4.90 Å². The molecule has 3 heteroatoms. The predicted octanol–water partition coefficient (Wildman–Crippen LogP) is 3.09. The van der Waals surface area contributed by atoms with Gasteiger partial charge in [-0.15, -0.1) is 0 Å². The van der Waals surface area contributed by atoms with Gasteiger partial charge in [-0.05, 0) is 23.5 Å². The summed E-state index contributed by atoms with van der Waals surface area (Å²) in [6.45, 7) is 12.4. The van der Waals surface area contributed by atoms with E-state index in [0.717, 1.165) is 51.6 Å². The number of hydrogen-bond acceptors (Lipinski definition) is 3. The molecule has 1 saturated heterocycles. The van der Waals surface area contributed by atoms with E-state index in [1.165, 1.54) is 5.56 Å². The molecule has 0 atom stereocenters. The van der Waals surface area contributed by atoms with Crippen molar-refractivity contribution in [3.05, 3.63) is 29.8 Å². The normalized spacial score (nSPS) is 17.1. The average molecular weight is 277 g/mol. The van der Waals surface area contributed by atoms with Crippen molar-refractivity contribution >= 4 is 0 Å². The lowest BCUT2D eigenvalue weighted by Crippen LogP contribution is -2.37. The molecule has 1 heterocycles. The zero-order valence-electron chi connectivity index (χ0n) is 13.0. The molecule has 1 aromatic carbocycles. The maximum Gasteiger partial charge on any atom is 0.123 e. The standard InChI is InChI=1S/C17H27NO2/c1-17(2,3)15-7-4-5-8-16(15)20-12-6-9-18-10-13-19-14-11-18/h4-5,7-8H,6,9-14H2,1-3H3. The zero-order valence-corrected chi connectivity index (χ0v) is 13.0. The van der Waals surface area contributed by atoms with Gasteiger partial charge in [0.1, 0.15) is 5.75 Å². The summed E-state index contributed by atoms with van der Waals surface area (Å²) in [5.41, 5.74) is 1.41. The smallest absolute Gasteiger partial charge is 0.123 e. The lowest BCUT2D eigenvalue weighted by atomic mass is 9.86. The largest absolute Gasteiger partial charge is 0.493 e. The monoisotopic (exact) mass is 277 g/mol. The highest BCUT2D eigenvalue weighted by molar-refractivity contribution is 5.38. The lowest BCUT2D eigenvalue weighted by Gasteiger charge is -2.27. The predicted molar refractivity (Wildman–Crippen MR) is 82.5 cm³/mol. The molecule has 3 nitrogen and oxygen atoms in total. The number of para-hydroxylation sites is 1. The second-order valence-corrected chi connectivity index (χ2v) is 6.40. The molecule has 1 aliphatic heterocycles. The molecule has 1 aliphatic rings. The Morgan fingerprint density at radius 3 is 2.55 bits per heavy atom. The summed E-state index contributed by atoms with van der Waals surface area (Å²) in [5.74, 6) is 1.03. The van der Waals surface area contributed by atoms with Crippen molar-refractivity contribution < 1.29 is 9.47 Å². The molecule has 0 N–H and O–H groups in total. The Balaban J connectivity index is 1.79. The molecule has 0 spiro atoms. The second-order valence-electron chi connectivity index (χ2n) is 6.40. The van der Waals surface area contributed by atoms with Gasteiger partial charge in [0.2, 0.25) is 0 Å². The van der Waals surface area contributed by atoms with Gasteiger partial charge in [-0.1, -0.05) is 39.0 Å². The first-order chi connectivity index (χ1) is 9.57. The number of nitrogens with zero attached hydrogens (tertiary/aromatic N) is 1. The fraction of sp³-hybridized carbons (Fsp3) is 0.647. The highest BCUT2D eigenvalue weighted by Gasteiger charge is 2.18. The van der Waals surface area contributed by atoms with E-state index in [0.29, 0.717) is 0 Å². The van der Waals surface area contributed by atoms with Crippen LogP contribution in [-0.2, 0) is 10.2 Å². The number of benzene rings is 1. The summed E-state index contributed by atoms with van der Waals surface area (Å²) >= 11 is 0. The van der Waals surface area contributed by atoms with Gasteiger partial charge >= 0.3 is 0 Å². The van der Waals surface area contributed by atoms with E-state index in [-0.39, 0.29) is 5.41 Å². The Morgan fingerprint density at radius 2 is 1.85 bits per heavy atom. The first-order valence-electron chi connectivity index (χ1n) is 7.60. The molecule has 0 aromatic heterocycles. The minimum Gasteiger partial charge on any atom is -0.493 e. The summed E-state index contributed by atoms with van der Waals surface area (Å²) in [5, 5.41) is 0. The molecular weight excluding hydrogens is 250 g/mol. The third-order valence-electron chi connectivity index (χ3n) is 3.68. The Hall–Kier alpha value is -1.06. The first kappa shape index (κ1) is 15.3. The van der Waals surface area contributed by atoms with E-state index in [4.69, 9.17) is 9.47 Å². The molecule has 0 unspecified atom stereocenters. The van der Waals surface area contributed by atoms with Crippen LogP contribution in [0.15, 0.2) is 24.3 Å². The molecule has 0 amide bonds. The highest BCUT2D eigenvalue weighted by atomic mass is 16.5. The molecule has 0 aliphatic carbocycles. The summed E-state index contributed by atoms with van der Waals surface area (Å²) < 4.78 is 11.4. The summed E-state index contributed by atoms with van der Waals surface area (Å²) in [6.07, 6.45) is 1.07. The zero-order chi connectivity index (χ0) is 14.4. The van der Waals surface area contributed by atoms with Crippen LogP contribution >= 0.6 is 0 Å². The van der Waals surface area contributed by atoms with Gasteiger partial charge in [0.25, 0.3) is 0 Å². The molecule has 1 fully saturated rings. The molecule has 0 bridgehead atoms. The Labute approximate surface area is 122 Å². The molecule has 0 saturated carbocycles. The Bertz CT molecular complexity index is 406. The maximum absolute atomic E-state index is 6.00. The van der Waals surface area contributed by atoms with Crippen molar-refractivity contribution in [2.24, 2.45) is 0 Å². The van der Waals surface area contributed by atoms with Crippen LogP contribution in [0.3, 0.4) is 0 Å². The van der Waals surface area contributed by atoms with Crippen molar-refractivity contribution in [2.75, 3.05) is 39.5 Å². The number of ether oxygens (including phenoxy) is 2. The van der Waals surface area contributed by atoms with Crippen molar-refractivity contribution in [1.82, 2.24) is 4.90 Å². The molecular formula is C17H27NO2. The summed E-state index contributed by atoms with van der Waals surface area (Å²) in [6, 6.07) is 8.38. The third-order valence-corrected chi connectivity index (χ3v) is 3.68. The van der Waals surface area contributed by atoms with Gasteiger partial charge < -0.3 is 9.47 Å². The molecule has 112 valence electrons. The van der Waals surface area contributed by atoms with Crippen LogP contribution in [0.1, 0.15) is 32.8 Å². The number of rotatable bonds is 5.